The van der Waals surface area contributed by atoms with Gasteiger partial charge in [-0.05, 0) is 48.4 Å². The highest BCUT2D eigenvalue weighted by Crippen LogP contribution is 2.30. The van der Waals surface area contributed by atoms with Crippen molar-refractivity contribution in [1.82, 2.24) is 5.32 Å². The predicted octanol–water partition coefficient (Wildman–Crippen LogP) is 2.15. The Kier molecular flexibility index (Phi) is 4.64. The van der Waals surface area contributed by atoms with Gasteiger partial charge in [0.15, 0.2) is 0 Å². The summed E-state index contributed by atoms with van der Waals surface area (Å²) in [4.78, 5) is 0.0451. The molecule has 0 aliphatic carbocycles. The molecule has 1 aliphatic heterocycles. The SMILES string of the molecule is COc1ccc(OC)c(S(=O)(=O)Nc2ccc3c(c2)CCNC3)c1. The second-order valence-electron chi connectivity index (χ2n) is 5.53. The van der Waals surface area contributed by atoms with Gasteiger partial charge in [-0.2, -0.15) is 0 Å². The monoisotopic (exact) mass is 348 g/mol. The van der Waals surface area contributed by atoms with Gasteiger partial charge in [-0.15, -0.1) is 0 Å². The lowest BCUT2D eigenvalue weighted by Gasteiger charge is -2.18. The first kappa shape index (κ1) is 16.6. The van der Waals surface area contributed by atoms with E-state index in [0.717, 1.165) is 25.1 Å². The highest BCUT2D eigenvalue weighted by molar-refractivity contribution is 7.92. The highest BCUT2D eigenvalue weighted by atomic mass is 32.2. The minimum absolute atomic E-state index is 0.0451. The first-order valence-corrected chi connectivity index (χ1v) is 9.09. The van der Waals surface area contributed by atoms with E-state index in [1.54, 1.807) is 18.2 Å². The zero-order valence-corrected chi connectivity index (χ0v) is 14.4. The number of methoxy groups -OCH3 is 2. The first-order chi connectivity index (χ1) is 11.5. The Balaban J connectivity index is 1.94. The molecule has 0 atom stereocenters. The number of hydrogen-bond acceptors (Lipinski definition) is 5. The molecule has 7 heteroatoms. The average molecular weight is 348 g/mol. The summed E-state index contributed by atoms with van der Waals surface area (Å²) in [5, 5.41) is 3.29. The van der Waals surface area contributed by atoms with Crippen molar-refractivity contribution in [1.29, 1.82) is 0 Å². The van der Waals surface area contributed by atoms with Crippen molar-refractivity contribution < 1.29 is 17.9 Å². The molecule has 0 bridgehead atoms. The van der Waals surface area contributed by atoms with Crippen LogP contribution in [-0.2, 0) is 23.0 Å². The Morgan fingerprint density at radius 2 is 1.88 bits per heavy atom. The molecule has 1 aliphatic rings. The van der Waals surface area contributed by atoms with Gasteiger partial charge >= 0.3 is 0 Å². The summed E-state index contributed by atoms with van der Waals surface area (Å²) in [6, 6.07) is 10.3. The van der Waals surface area contributed by atoms with Gasteiger partial charge in [0.2, 0.25) is 0 Å². The molecule has 2 aromatic carbocycles. The van der Waals surface area contributed by atoms with Crippen molar-refractivity contribution in [2.24, 2.45) is 0 Å². The van der Waals surface area contributed by atoms with Crippen LogP contribution < -0.4 is 19.5 Å². The summed E-state index contributed by atoms with van der Waals surface area (Å²) >= 11 is 0. The molecule has 0 unspecified atom stereocenters. The second-order valence-corrected chi connectivity index (χ2v) is 7.18. The van der Waals surface area contributed by atoms with Crippen LogP contribution in [0.3, 0.4) is 0 Å². The molecule has 1 heterocycles. The largest absolute Gasteiger partial charge is 0.497 e. The smallest absolute Gasteiger partial charge is 0.265 e. The fourth-order valence-corrected chi connectivity index (χ4v) is 3.98. The average Bonchev–Trinajstić information content (AvgIpc) is 2.60. The van der Waals surface area contributed by atoms with Crippen molar-refractivity contribution >= 4 is 15.7 Å². The normalized spacial score (nSPS) is 13.9. The molecule has 24 heavy (non-hydrogen) atoms. The lowest BCUT2D eigenvalue weighted by Crippen LogP contribution is -2.23. The Labute approximate surface area is 141 Å². The maximum absolute atomic E-state index is 12.8. The minimum Gasteiger partial charge on any atom is -0.497 e. The van der Waals surface area contributed by atoms with Crippen molar-refractivity contribution in [2.45, 2.75) is 17.9 Å². The van der Waals surface area contributed by atoms with E-state index in [9.17, 15) is 8.42 Å². The molecule has 0 saturated heterocycles. The van der Waals surface area contributed by atoms with Crippen LogP contribution in [-0.4, -0.2) is 29.2 Å². The Bertz CT molecular complexity index is 850. The number of hydrogen-bond donors (Lipinski definition) is 2. The Morgan fingerprint density at radius 1 is 1.04 bits per heavy atom. The third kappa shape index (κ3) is 3.32. The van der Waals surface area contributed by atoms with Gasteiger partial charge in [-0.3, -0.25) is 4.72 Å². The summed E-state index contributed by atoms with van der Waals surface area (Å²) < 4.78 is 38.4. The van der Waals surface area contributed by atoms with Gasteiger partial charge in [-0.1, -0.05) is 6.07 Å². The summed E-state index contributed by atoms with van der Waals surface area (Å²) in [6.45, 7) is 1.71. The van der Waals surface area contributed by atoms with E-state index in [2.05, 4.69) is 10.0 Å². The summed E-state index contributed by atoms with van der Waals surface area (Å²) in [5.74, 6) is 0.721. The van der Waals surface area contributed by atoms with Crippen molar-refractivity contribution in [2.75, 3.05) is 25.5 Å². The van der Waals surface area contributed by atoms with Gasteiger partial charge in [0, 0.05) is 18.3 Å². The fraction of sp³-hybridized carbons (Fsp3) is 0.294. The number of benzene rings is 2. The number of nitrogens with one attached hydrogen (secondary N) is 2. The van der Waals surface area contributed by atoms with Crippen LogP contribution in [0.2, 0.25) is 0 Å². The van der Waals surface area contributed by atoms with Gasteiger partial charge in [0.05, 0.1) is 14.2 Å². The molecule has 0 amide bonds. The summed E-state index contributed by atoms with van der Waals surface area (Å²) in [6.07, 6.45) is 0.882. The molecule has 0 radical (unpaired) electrons. The maximum Gasteiger partial charge on any atom is 0.265 e. The number of ether oxygens (including phenoxy) is 2. The first-order valence-electron chi connectivity index (χ1n) is 7.61. The van der Waals surface area contributed by atoms with E-state index in [1.807, 2.05) is 12.1 Å². The van der Waals surface area contributed by atoms with Crippen LogP contribution in [0.5, 0.6) is 11.5 Å². The van der Waals surface area contributed by atoms with Crippen LogP contribution in [0.25, 0.3) is 0 Å². The molecule has 0 spiro atoms. The predicted molar refractivity (Wildman–Crippen MR) is 92.2 cm³/mol. The molecule has 2 N–H and O–H groups in total. The molecular weight excluding hydrogens is 328 g/mol. The molecule has 0 fully saturated rings. The number of fused-ring (bicyclic) bond motifs is 1. The molecule has 0 saturated carbocycles. The summed E-state index contributed by atoms with van der Waals surface area (Å²) in [7, 11) is -0.859. The minimum atomic E-state index is -3.79. The standard InChI is InChI=1S/C17H20N2O4S/c1-22-15-5-6-16(23-2)17(10-15)24(20,21)19-14-4-3-13-11-18-8-7-12(13)9-14/h3-6,9-10,18-19H,7-8,11H2,1-2H3. The van der Waals surface area contributed by atoms with E-state index in [4.69, 9.17) is 9.47 Å². The van der Waals surface area contributed by atoms with Gasteiger partial charge < -0.3 is 14.8 Å². The molecular formula is C17H20N2O4S. The van der Waals surface area contributed by atoms with E-state index in [0.29, 0.717) is 11.4 Å². The molecule has 2 aromatic rings. The molecule has 6 nitrogen and oxygen atoms in total. The van der Waals surface area contributed by atoms with Crippen molar-refractivity contribution in [3.05, 3.63) is 47.5 Å². The van der Waals surface area contributed by atoms with Crippen molar-refractivity contribution in [3.63, 3.8) is 0 Å². The van der Waals surface area contributed by atoms with E-state index < -0.39 is 10.0 Å². The number of rotatable bonds is 5. The van der Waals surface area contributed by atoms with Crippen LogP contribution in [0.4, 0.5) is 5.69 Å². The molecule has 128 valence electrons. The summed E-state index contributed by atoms with van der Waals surface area (Å²) in [5.41, 5.74) is 2.90. The van der Waals surface area contributed by atoms with Gasteiger partial charge in [0.1, 0.15) is 16.4 Å². The third-order valence-electron chi connectivity index (χ3n) is 4.01. The third-order valence-corrected chi connectivity index (χ3v) is 5.41. The van der Waals surface area contributed by atoms with Crippen LogP contribution in [0.15, 0.2) is 41.3 Å². The molecule has 0 aromatic heterocycles. The molecule has 3 rings (SSSR count). The van der Waals surface area contributed by atoms with Gasteiger partial charge in [0.25, 0.3) is 10.0 Å². The zero-order valence-electron chi connectivity index (χ0n) is 13.6. The maximum atomic E-state index is 12.8. The quantitative estimate of drug-likeness (QED) is 0.866. The highest BCUT2D eigenvalue weighted by Gasteiger charge is 2.21. The van der Waals surface area contributed by atoms with Crippen LogP contribution in [0, 0.1) is 0 Å². The van der Waals surface area contributed by atoms with Crippen LogP contribution in [0.1, 0.15) is 11.1 Å². The zero-order chi connectivity index (χ0) is 17.2. The van der Waals surface area contributed by atoms with E-state index in [1.165, 1.54) is 25.8 Å². The van der Waals surface area contributed by atoms with Crippen molar-refractivity contribution in [3.8, 4) is 11.5 Å². The topological polar surface area (TPSA) is 76.7 Å². The lowest BCUT2D eigenvalue weighted by molar-refractivity contribution is 0.392. The number of sulfonamides is 1. The second kappa shape index (κ2) is 6.70. The number of anilines is 1. The van der Waals surface area contributed by atoms with E-state index in [-0.39, 0.29) is 10.6 Å². The Hall–Kier alpha value is -2.25. The van der Waals surface area contributed by atoms with E-state index >= 15 is 0 Å². The Morgan fingerprint density at radius 3 is 2.62 bits per heavy atom. The fourth-order valence-electron chi connectivity index (χ4n) is 2.74. The lowest BCUT2D eigenvalue weighted by atomic mass is 10.0. The van der Waals surface area contributed by atoms with Gasteiger partial charge in [-0.25, -0.2) is 8.42 Å². The van der Waals surface area contributed by atoms with Crippen LogP contribution >= 0.6 is 0 Å².